The van der Waals surface area contributed by atoms with Gasteiger partial charge in [0.25, 0.3) is 0 Å². The van der Waals surface area contributed by atoms with Crippen LogP contribution in [0.2, 0.25) is 0 Å². The van der Waals surface area contributed by atoms with Gasteiger partial charge in [-0.05, 0) is 36.4 Å². The van der Waals surface area contributed by atoms with E-state index in [-0.39, 0.29) is 6.04 Å². The maximum absolute atomic E-state index is 5.79. The second-order valence-corrected chi connectivity index (χ2v) is 4.72. The van der Waals surface area contributed by atoms with E-state index in [0.29, 0.717) is 0 Å². The van der Waals surface area contributed by atoms with Crippen molar-refractivity contribution in [3.63, 3.8) is 0 Å². The predicted molar refractivity (Wildman–Crippen MR) is 64.2 cm³/mol. The van der Waals surface area contributed by atoms with Crippen LogP contribution < -0.4 is 5.73 Å². The summed E-state index contributed by atoms with van der Waals surface area (Å²) in [5.41, 5.74) is 6.93. The SMILES string of the molecule is CC(N)c1ccc(Sc2nncn2C)cc1. The minimum atomic E-state index is 0.0777. The van der Waals surface area contributed by atoms with E-state index >= 15 is 0 Å². The van der Waals surface area contributed by atoms with Crippen molar-refractivity contribution in [3.8, 4) is 0 Å². The molecule has 0 aliphatic rings. The lowest BCUT2D eigenvalue weighted by atomic mass is 10.1. The summed E-state index contributed by atoms with van der Waals surface area (Å²) < 4.78 is 1.89. The Balaban J connectivity index is 2.14. The van der Waals surface area contributed by atoms with Gasteiger partial charge in [-0.3, -0.25) is 0 Å². The van der Waals surface area contributed by atoms with Gasteiger partial charge < -0.3 is 10.3 Å². The molecule has 2 N–H and O–H groups in total. The fraction of sp³-hybridized carbons (Fsp3) is 0.273. The summed E-state index contributed by atoms with van der Waals surface area (Å²) in [4.78, 5) is 1.14. The average Bonchev–Trinajstić information content (AvgIpc) is 2.65. The molecule has 0 radical (unpaired) electrons. The lowest BCUT2D eigenvalue weighted by Gasteiger charge is -2.06. The molecule has 1 aromatic carbocycles. The molecule has 4 nitrogen and oxygen atoms in total. The minimum absolute atomic E-state index is 0.0777. The molecule has 1 heterocycles. The Morgan fingerprint density at radius 2 is 2.00 bits per heavy atom. The third-order valence-electron chi connectivity index (χ3n) is 2.28. The van der Waals surface area contributed by atoms with Crippen molar-refractivity contribution in [2.45, 2.75) is 23.0 Å². The van der Waals surface area contributed by atoms with Crippen LogP contribution >= 0.6 is 11.8 Å². The maximum atomic E-state index is 5.79. The summed E-state index contributed by atoms with van der Waals surface area (Å²) in [6.07, 6.45) is 1.69. The van der Waals surface area contributed by atoms with Crippen molar-refractivity contribution in [1.29, 1.82) is 0 Å². The van der Waals surface area contributed by atoms with Gasteiger partial charge in [-0.25, -0.2) is 0 Å². The van der Waals surface area contributed by atoms with E-state index in [4.69, 9.17) is 5.73 Å². The molecule has 0 fully saturated rings. The Bertz CT molecular complexity index is 461. The van der Waals surface area contributed by atoms with Crippen LogP contribution in [0, 0.1) is 0 Å². The van der Waals surface area contributed by atoms with Crippen LogP contribution in [-0.2, 0) is 7.05 Å². The Morgan fingerprint density at radius 1 is 1.31 bits per heavy atom. The van der Waals surface area contributed by atoms with Gasteiger partial charge in [0.15, 0.2) is 5.16 Å². The summed E-state index contributed by atoms with van der Waals surface area (Å²) >= 11 is 1.59. The van der Waals surface area contributed by atoms with Gasteiger partial charge in [-0.2, -0.15) is 0 Å². The van der Waals surface area contributed by atoms with Gasteiger partial charge >= 0.3 is 0 Å². The van der Waals surface area contributed by atoms with E-state index < -0.39 is 0 Å². The van der Waals surface area contributed by atoms with Crippen LogP contribution in [0.25, 0.3) is 0 Å². The van der Waals surface area contributed by atoms with E-state index in [0.717, 1.165) is 15.6 Å². The van der Waals surface area contributed by atoms with Gasteiger partial charge in [-0.1, -0.05) is 12.1 Å². The zero-order valence-corrected chi connectivity index (χ0v) is 10.1. The number of rotatable bonds is 3. The standard InChI is InChI=1S/C11H14N4S/c1-8(12)9-3-5-10(6-4-9)16-11-14-13-7-15(11)2/h3-8H,12H2,1-2H3. The number of hydrogen-bond acceptors (Lipinski definition) is 4. The predicted octanol–water partition coefficient (Wildman–Crippen LogP) is 1.99. The minimum Gasteiger partial charge on any atom is -0.324 e. The van der Waals surface area contributed by atoms with Crippen molar-refractivity contribution < 1.29 is 0 Å². The summed E-state index contributed by atoms with van der Waals surface area (Å²) in [5, 5.41) is 8.74. The normalized spacial score (nSPS) is 12.7. The highest BCUT2D eigenvalue weighted by molar-refractivity contribution is 7.99. The molecule has 84 valence electrons. The van der Waals surface area contributed by atoms with Gasteiger partial charge in [0.2, 0.25) is 0 Å². The second-order valence-electron chi connectivity index (χ2n) is 3.68. The number of nitrogens with two attached hydrogens (primary N) is 1. The van der Waals surface area contributed by atoms with E-state index in [1.807, 2.05) is 30.7 Å². The molecule has 16 heavy (non-hydrogen) atoms. The first-order chi connectivity index (χ1) is 7.66. The molecule has 1 aromatic heterocycles. The summed E-state index contributed by atoms with van der Waals surface area (Å²) in [6, 6.07) is 8.27. The van der Waals surface area contributed by atoms with E-state index in [9.17, 15) is 0 Å². The molecule has 0 saturated carbocycles. The summed E-state index contributed by atoms with van der Waals surface area (Å²) in [6.45, 7) is 1.98. The highest BCUT2D eigenvalue weighted by atomic mass is 32.2. The molecule has 5 heteroatoms. The number of hydrogen-bond donors (Lipinski definition) is 1. The third kappa shape index (κ3) is 2.43. The Hall–Kier alpha value is -1.33. The molecule has 0 spiro atoms. The molecule has 2 aromatic rings. The molecule has 0 bridgehead atoms. The Labute approximate surface area is 98.9 Å². The van der Waals surface area contributed by atoms with Crippen LogP contribution in [0.15, 0.2) is 40.6 Å². The van der Waals surface area contributed by atoms with Crippen LogP contribution in [0.3, 0.4) is 0 Å². The Kier molecular flexibility index (Phi) is 3.26. The monoisotopic (exact) mass is 234 g/mol. The first kappa shape index (κ1) is 11.2. The van der Waals surface area contributed by atoms with E-state index in [1.165, 1.54) is 0 Å². The highest BCUT2D eigenvalue weighted by Gasteiger charge is 2.04. The zero-order chi connectivity index (χ0) is 11.5. The lowest BCUT2D eigenvalue weighted by Crippen LogP contribution is -2.04. The first-order valence-corrected chi connectivity index (χ1v) is 5.86. The highest BCUT2D eigenvalue weighted by Crippen LogP contribution is 2.26. The smallest absolute Gasteiger partial charge is 0.195 e. The van der Waals surface area contributed by atoms with Crippen molar-refractivity contribution in [3.05, 3.63) is 36.2 Å². The molecular formula is C11H14N4S. The van der Waals surface area contributed by atoms with Gasteiger partial charge in [0.05, 0.1) is 0 Å². The fourth-order valence-electron chi connectivity index (χ4n) is 1.31. The summed E-state index contributed by atoms with van der Waals surface area (Å²) in [7, 11) is 1.93. The molecule has 0 saturated heterocycles. The van der Waals surface area contributed by atoms with Crippen molar-refractivity contribution >= 4 is 11.8 Å². The fourth-order valence-corrected chi connectivity index (χ4v) is 2.07. The van der Waals surface area contributed by atoms with Crippen LogP contribution in [-0.4, -0.2) is 14.8 Å². The largest absolute Gasteiger partial charge is 0.324 e. The van der Waals surface area contributed by atoms with E-state index in [1.54, 1.807) is 18.1 Å². The van der Waals surface area contributed by atoms with E-state index in [2.05, 4.69) is 22.3 Å². The van der Waals surface area contributed by atoms with Crippen molar-refractivity contribution in [2.75, 3.05) is 0 Å². The van der Waals surface area contributed by atoms with Gasteiger partial charge in [-0.15, -0.1) is 10.2 Å². The molecule has 2 rings (SSSR count). The second kappa shape index (κ2) is 4.67. The number of nitrogens with zero attached hydrogens (tertiary/aromatic N) is 3. The first-order valence-electron chi connectivity index (χ1n) is 5.04. The van der Waals surface area contributed by atoms with Crippen LogP contribution in [0.5, 0.6) is 0 Å². The van der Waals surface area contributed by atoms with Crippen molar-refractivity contribution in [2.24, 2.45) is 12.8 Å². The topological polar surface area (TPSA) is 56.7 Å². The number of aryl methyl sites for hydroxylation is 1. The zero-order valence-electron chi connectivity index (χ0n) is 9.29. The molecule has 0 amide bonds. The lowest BCUT2D eigenvalue weighted by molar-refractivity contribution is 0.788. The summed E-state index contributed by atoms with van der Waals surface area (Å²) in [5.74, 6) is 0. The van der Waals surface area contributed by atoms with Gasteiger partial charge in [0.1, 0.15) is 6.33 Å². The Morgan fingerprint density at radius 3 is 2.50 bits per heavy atom. The third-order valence-corrected chi connectivity index (χ3v) is 3.34. The number of benzene rings is 1. The van der Waals surface area contributed by atoms with Crippen LogP contribution in [0.1, 0.15) is 18.5 Å². The number of aromatic nitrogens is 3. The average molecular weight is 234 g/mol. The molecule has 0 aliphatic heterocycles. The molecular weight excluding hydrogens is 220 g/mol. The van der Waals surface area contributed by atoms with Crippen molar-refractivity contribution in [1.82, 2.24) is 14.8 Å². The molecule has 1 unspecified atom stereocenters. The quantitative estimate of drug-likeness (QED) is 0.882. The van der Waals surface area contributed by atoms with Gasteiger partial charge in [0, 0.05) is 18.0 Å². The maximum Gasteiger partial charge on any atom is 0.195 e. The molecule has 1 atom stereocenters. The molecule has 0 aliphatic carbocycles. The van der Waals surface area contributed by atoms with Crippen LogP contribution in [0.4, 0.5) is 0 Å².